The van der Waals surface area contributed by atoms with E-state index in [1.54, 1.807) is 0 Å². The van der Waals surface area contributed by atoms with Crippen molar-refractivity contribution in [2.75, 3.05) is 17.2 Å². The summed E-state index contributed by atoms with van der Waals surface area (Å²) in [6.07, 6.45) is 4.27. The van der Waals surface area contributed by atoms with Gasteiger partial charge in [-0.25, -0.2) is 9.97 Å². The van der Waals surface area contributed by atoms with E-state index in [0.29, 0.717) is 12.0 Å². The molecule has 0 amide bonds. The molecular formula is C12H16N4S. The molecule has 0 radical (unpaired) electrons. The lowest BCUT2D eigenvalue weighted by Crippen LogP contribution is -2.18. The number of nitrogens with zero attached hydrogens (tertiary/aromatic N) is 3. The maximum Gasteiger partial charge on any atom is 0.202 e. The van der Waals surface area contributed by atoms with E-state index in [1.165, 1.54) is 18.6 Å². The summed E-state index contributed by atoms with van der Waals surface area (Å²) in [6, 6.07) is 2.43. The molecule has 2 aromatic rings. The van der Waals surface area contributed by atoms with Crippen LogP contribution in [0.1, 0.15) is 24.4 Å². The highest BCUT2D eigenvalue weighted by atomic mass is 32.2. The van der Waals surface area contributed by atoms with Crippen LogP contribution >= 0.6 is 11.8 Å². The largest absolute Gasteiger partial charge is 0.369 e. The maximum atomic E-state index is 6.06. The van der Waals surface area contributed by atoms with E-state index in [-0.39, 0.29) is 0 Å². The number of aryl methyl sites for hydroxylation is 1. The van der Waals surface area contributed by atoms with Crippen LogP contribution in [-0.2, 0) is 0 Å². The number of anilines is 1. The second kappa shape index (κ2) is 4.22. The third kappa shape index (κ3) is 1.78. The van der Waals surface area contributed by atoms with E-state index in [4.69, 9.17) is 5.73 Å². The Kier molecular flexibility index (Phi) is 2.70. The maximum absolute atomic E-state index is 6.06. The number of imidazole rings is 1. The van der Waals surface area contributed by atoms with Crippen LogP contribution in [0, 0.1) is 6.92 Å². The molecule has 0 aromatic carbocycles. The molecule has 17 heavy (non-hydrogen) atoms. The molecule has 1 unspecified atom stereocenters. The molecule has 2 aromatic heterocycles. The predicted molar refractivity (Wildman–Crippen MR) is 72.3 cm³/mol. The summed E-state index contributed by atoms with van der Waals surface area (Å²) in [6.45, 7) is 2.05. The van der Waals surface area contributed by atoms with E-state index in [0.717, 1.165) is 22.5 Å². The predicted octanol–water partition coefficient (Wildman–Crippen LogP) is 2.39. The highest BCUT2D eigenvalue weighted by molar-refractivity contribution is 7.99. The first-order valence-electron chi connectivity index (χ1n) is 5.94. The van der Waals surface area contributed by atoms with Crippen molar-refractivity contribution in [2.45, 2.75) is 25.8 Å². The Morgan fingerprint density at radius 2 is 2.41 bits per heavy atom. The van der Waals surface area contributed by atoms with Gasteiger partial charge in [-0.05, 0) is 37.1 Å². The highest BCUT2D eigenvalue weighted by Crippen LogP contribution is 2.31. The van der Waals surface area contributed by atoms with Crippen LogP contribution in [0.25, 0.3) is 11.2 Å². The Labute approximate surface area is 105 Å². The molecule has 1 aliphatic heterocycles. The van der Waals surface area contributed by atoms with Gasteiger partial charge in [0.25, 0.3) is 0 Å². The van der Waals surface area contributed by atoms with Crippen LogP contribution in [0.3, 0.4) is 0 Å². The fourth-order valence-electron chi connectivity index (χ4n) is 2.41. The number of nitrogens with two attached hydrogens (primary N) is 1. The van der Waals surface area contributed by atoms with Gasteiger partial charge in [0.1, 0.15) is 5.52 Å². The summed E-state index contributed by atoms with van der Waals surface area (Å²) in [4.78, 5) is 8.91. The van der Waals surface area contributed by atoms with Crippen molar-refractivity contribution in [3.63, 3.8) is 0 Å². The number of aromatic nitrogens is 3. The normalized spacial score (nSPS) is 20.9. The van der Waals surface area contributed by atoms with Gasteiger partial charge < -0.3 is 5.73 Å². The van der Waals surface area contributed by atoms with Gasteiger partial charge in [0, 0.05) is 18.0 Å². The smallest absolute Gasteiger partial charge is 0.202 e. The van der Waals surface area contributed by atoms with E-state index in [9.17, 15) is 0 Å². The zero-order chi connectivity index (χ0) is 11.8. The number of fused-ring (bicyclic) bond motifs is 1. The Morgan fingerprint density at radius 3 is 3.18 bits per heavy atom. The summed E-state index contributed by atoms with van der Waals surface area (Å²) < 4.78 is 2.12. The van der Waals surface area contributed by atoms with Gasteiger partial charge in [0.15, 0.2) is 5.65 Å². The molecule has 3 rings (SSSR count). The van der Waals surface area contributed by atoms with Gasteiger partial charge >= 0.3 is 0 Å². The van der Waals surface area contributed by atoms with Gasteiger partial charge in [-0.1, -0.05) is 0 Å². The third-order valence-electron chi connectivity index (χ3n) is 3.31. The van der Waals surface area contributed by atoms with Crippen LogP contribution in [0.15, 0.2) is 12.3 Å². The third-order valence-corrected chi connectivity index (χ3v) is 4.51. The van der Waals surface area contributed by atoms with Crippen LogP contribution in [-0.4, -0.2) is 26.0 Å². The summed E-state index contributed by atoms with van der Waals surface area (Å²) >= 11 is 1.99. The molecule has 2 N–H and O–H groups in total. The Morgan fingerprint density at radius 1 is 1.53 bits per heavy atom. The second-order valence-corrected chi connectivity index (χ2v) is 5.66. The van der Waals surface area contributed by atoms with Crippen molar-refractivity contribution in [3.05, 3.63) is 17.8 Å². The van der Waals surface area contributed by atoms with Gasteiger partial charge in [-0.15, -0.1) is 0 Å². The number of rotatable bonds is 1. The fourth-order valence-corrected chi connectivity index (χ4v) is 3.54. The van der Waals surface area contributed by atoms with Crippen LogP contribution in [0.4, 0.5) is 5.95 Å². The van der Waals surface area contributed by atoms with Crippen molar-refractivity contribution < 1.29 is 0 Å². The zero-order valence-electron chi connectivity index (χ0n) is 9.89. The molecule has 3 heterocycles. The SMILES string of the molecule is Cc1ccnc2c1nc(N)n2C1CCCSC1. The summed E-state index contributed by atoms with van der Waals surface area (Å²) in [7, 11) is 0. The topological polar surface area (TPSA) is 56.7 Å². The van der Waals surface area contributed by atoms with Crippen molar-refractivity contribution in [1.29, 1.82) is 0 Å². The molecule has 1 fully saturated rings. The zero-order valence-corrected chi connectivity index (χ0v) is 10.7. The molecule has 0 saturated carbocycles. The Balaban J connectivity index is 2.14. The van der Waals surface area contributed by atoms with Gasteiger partial charge in [-0.2, -0.15) is 11.8 Å². The number of thioether (sulfide) groups is 1. The lowest BCUT2D eigenvalue weighted by Gasteiger charge is -2.23. The molecule has 1 aliphatic rings. The molecule has 0 bridgehead atoms. The highest BCUT2D eigenvalue weighted by Gasteiger charge is 2.21. The fraction of sp³-hybridized carbons (Fsp3) is 0.500. The first kappa shape index (κ1) is 10.9. The van der Waals surface area contributed by atoms with Gasteiger partial charge in [0.2, 0.25) is 5.95 Å². The lowest BCUT2D eigenvalue weighted by atomic mass is 10.2. The van der Waals surface area contributed by atoms with Crippen LogP contribution in [0.2, 0.25) is 0 Å². The van der Waals surface area contributed by atoms with E-state index in [2.05, 4.69) is 21.5 Å². The van der Waals surface area contributed by atoms with Crippen molar-refractivity contribution in [3.8, 4) is 0 Å². The van der Waals surface area contributed by atoms with E-state index >= 15 is 0 Å². The number of hydrogen-bond acceptors (Lipinski definition) is 4. The first-order valence-corrected chi connectivity index (χ1v) is 7.09. The molecule has 4 nitrogen and oxygen atoms in total. The quantitative estimate of drug-likeness (QED) is 0.842. The monoisotopic (exact) mass is 248 g/mol. The number of hydrogen-bond donors (Lipinski definition) is 1. The molecular weight excluding hydrogens is 232 g/mol. The van der Waals surface area contributed by atoms with Crippen molar-refractivity contribution >= 4 is 28.9 Å². The molecule has 90 valence electrons. The van der Waals surface area contributed by atoms with Crippen molar-refractivity contribution in [1.82, 2.24) is 14.5 Å². The van der Waals surface area contributed by atoms with Gasteiger partial charge in [-0.3, -0.25) is 4.57 Å². The van der Waals surface area contributed by atoms with Gasteiger partial charge in [0.05, 0.1) is 0 Å². The minimum absolute atomic E-state index is 0.452. The Bertz CT molecular complexity index is 543. The molecule has 1 saturated heterocycles. The second-order valence-electron chi connectivity index (χ2n) is 4.51. The Hall–Kier alpha value is -1.23. The van der Waals surface area contributed by atoms with Crippen LogP contribution in [0.5, 0.6) is 0 Å². The average Bonchev–Trinajstić information content (AvgIpc) is 2.68. The molecule has 0 aliphatic carbocycles. The minimum Gasteiger partial charge on any atom is -0.369 e. The first-order chi connectivity index (χ1) is 8.27. The molecule has 0 spiro atoms. The number of pyridine rings is 1. The molecule has 1 atom stereocenters. The van der Waals surface area contributed by atoms with Crippen LogP contribution < -0.4 is 5.73 Å². The minimum atomic E-state index is 0.452. The molecule has 5 heteroatoms. The standard InChI is InChI=1S/C12H16N4S/c1-8-4-5-14-11-10(8)15-12(13)16(11)9-3-2-6-17-7-9/h4-5,9H,2-3,6-7H2,1H3,(H2,13,15). The summed E-state index contributed by atoms with van der Waals surface area (Å²) in [5.74, 6) is 2.98. The van der Waals surface area contributed by atoms with Crippen molar-refractivity contribution in [2.24, 2.45) is 0 Å². The van der Waals surface area contributed by atoms with E-state index in [1.807, 2.05) is 24.0 Å². The average molecular weight is 248 g/mol. The summed E-state index contributed by atoms with van der Waals surface area (Å²) in [5, 5.41) is 0. The van der Waals surface area contributed by atoms with E-state index < -0.39 is 0 Å². The summed E-state index contributed by atoms with van der Waals surface area (Å²) in [5.41, 5.74) is 9.08. The lowest BCUT2D eigenvalue weighted by molar-refractivity contribution is 0.514. The number of nitrogen functional groups attached to an aromatic ring is 1.